The quantitative estimate of drug-likeness (QED) is 0.850. The van der Waals surface area contributed by atoms with Crippen molar-refractivity contribution in [3.05, 3.63) is 35.4 Å². The fourth-order valence-electron chi connectivity index (χ4n) is 1.85. The lowest BCUT2D eigenvalue weighted by Gasteiger charge is -2.10. The molecule has 1 saturated heterocycles. The first-order chi connectivity index (χ1) is 7.77. The summed E-state index contributed by atoms with van der Waals surface area (Å²) in [6.45, 7) is 2.51. The maximum atomic E-state index is 13.2. The van der Waals surface area contributed by atoms with E-state index < -0.39 is 11.6 Å². The van der Waals surface area contributed by atoms with Gasteiger partial charge in [-0.25, -0.2) is 8.78 Å². The van der Waals surface area contributed by atoms with E-state index in [9.17, 15) is 8.78 Å². The van der Waals surface area contributed by atoms with E-state index >= 15 is 0 Å². The molecule has 1 unspecified atom stereocenters. The monoisotopic (exact) mass is 227 g/mol. The predicted octanol–water partition coefficient (Wildman–Crippen LogP) is 2.09. The molecule has 2 nitrogen and oxygen atoms in total. The molecule has 1 heterocycles. The number of hydrogen-bond donors (Lipinski definition) is 1. The van der Waals surface area contributed by atoms with Crippen molar-refractivity contribution in [2.45, 2.75) is 13.0 Å². The Morgan fingerprint density at radius 1 is 1.31 bits per heavy atom. The topological polar surface area (TPSA) is 21.3 Å². The van der Waals surface area contributed by atoms with Crippen LogP contribution in [0.5, 0.6) is 0 Å². The van der Waals surface area contributed by atoms with Crippen molar-refractivity contribution >= 4 is 0 Å². The molecule has 1 aromatic carbocycles. The maximum Gasteiger partial charge on any atom is 0.130 e. The molecule has 0 amide bonds. The Hall–Kier alpha value is -1.00. The molecule has 0 bridgehead atoms. The van der Waals surface area contributed by atoms with Crippen molar-refractivity contribution in [1.82, 2.24) is 5.32 Å². The zero-order valence-corrected chi connectivity index (χ0v) is 9.01. The molecule has 0 radical (unpaired) electrons. The van der Waals surface area contributed by atoms with Gasteiger partial charge in [-0.1, -0.05) is 6.07 Å². The molecule has 16 heavy (non-hydrogen) atoms. The third-order valence-electron chi connectivity index (χ3n) is 2.82. The zero-order valence-electron chi connectivity index (χ0n) is 9.01. The van der Waals surface area contributed by atoms with Gasteiger partial charge in [0.2, 0.25) is 0 Å². The number of benzene rings is 1. The highest BCUT2D eigenvalue weighted by Gasteiger charge is 2.15. The fraction of sp³-hybridized carbons (Fsp3) is 0.500. The van der Waals surface area contributed by atoms with Gasteiger partial charge in [-0.05, 0) is 24.5 Å². The summed E-state index contributed by atoms with van der Waals surface area (Å²) >= 11 is 0. The van der Waals surface area contributed by atoms with E-state index in [0.717, 1.165) is 26.2 Å². The molecule has 0 saturated carbocycles. The minimum Gasteiger partial charge on any atom is -0.381 e. The SMILES string of the molecule is Fc1cccc(F)c1CNCC1CCOC1. The summed E-state index contributed by atoms with van der Waals surface area (Å²) < 4.78 is 31.7. The Kier molecular flexibility index (Phi) is 3.85. The average molecular weight is 227 g/mol. The minimum absolute atomic E-state index is 0.112. The number of halogens is 2. The summed E-state index contributed by atoms with van der Waals surface area (Å²) in [7, 11) is 0. The fourth-order valence-corrected chi connectivity index (χ4v) is 1.85. The van der Waals surface area contributed by atoms with E-state index in [-0.39, 0.29) is 12.1 Å². The van der Waals surface area contributed by atoms with Crippen molar-refractivity contribution in [3.63, 3.8) is 0 Å². The number of rotatable bonds is 4. The Labute approximate surface area is 93.6 Å². The molecule has 0 aliphatic carbocycles. The third kappa shape index (κ3) is 2.77. The predicted molar refractivity (Wildman–Crippen MR) is 57.0 cm³/mol. The first kappa shape index (κ1) is 11.5. The number of ether oxygens (including phenoxy) is 1. The van der Waals surface area contributed by atoms with Gasteiger partial charge in [-0.2, -0.15) is 0 Å². The molecule has 1 aromatic rings. The van der Waals surface area contributed by atoms with Crippen LogP contribution in [0.15, 0.2) is 18.2 Å². The summed E-state index contributed by atoms with van der Waals surface area (Å²) in [6.07, 6.45) is 1.02. The molecule has 1 atom stereocenters. The first-order valence-electron chi connectivity index (χ1n) is 5.48. The van der Waals surface area contributed by atoms with Crippen LogP contribution in [0, 0.1) is 17.6 Å². The summed E-state index contributed by atoms with van der Waals surface area (Å²) in [4.78, 5) is 0. The van der Waals surface area contributed by atoms with Gasteiger partial charge in [-0.3, -0.25) is 0 Å². The van der Waals surface area contributed by atoms with Crippen molar-refractivity contribution < 1.29 is 13.5 Å². The minimum atomic E-state index is -0.491. The van der Waals surface area contributed by atoms with Crippen LogP contribution in [-0.4, -0.2) is 19.8 Å². The standard InChI is InChI=1S/C12H15F2NO/c13-11-2-1-3-12(14)10(11)7-15-6-9-4-5-16-8-9/h1-3,9,15H,4-8H2. The van der Waals surface area contributed by atoms with Gasteiger partial charge in [-0.15, -0.1) is 0 Å². The second-order valence-electron chi connectivity index (χ2n) is 4.06. The highest BCUT2D eigenvalue weighted by Crippen LogP contribution is 2.13. The van der Waals surface area contributed by atoms with E-state index in [2.05, 4.69) is 5.32 Å². The third-order valence-corrected chi connectivity index (χ3v) is 2.82. The molecular weight excluding hydrogens is 212 g/mol. The Balaban J connectivity index is 1.84. The van der Waals surface area contributed by atoms with Gasteiger partial charge >= 0.3 is 0 Å². The summed E-state index contributed by atoms with van der Waals surface area (Å²) in [5, 5.41) is 3.07. The van der Waals surface area contributed by atoms with Crippen LogP contribution in [-0.2, 0) is 11.3 Å². The highest BCUT2D eigenvalue weighted by atomic mass is 19.1. The van der Waals surface area contributed by atoms with E-state index in [0.29, 0.717) is 5.92 Å². The van der Waals surface area contributed by atoms with Crippen LogP contribution in [0.3, 0.4) is 0 Å². The van der Waals surface area contributed by atoms with Crippen molar-refractivity contribution in [2.24, 2.45) is 5.92 Å². The van der Waals surface area contributed by atoms with Crippen LogP contribution in [0.4, 0.5) is 8.78 Å². The van der Waals surface area contributed by atoms with Crippen LogP contribution < -0.4 is 5.32 Å². The molecule has 1 fully saturated rings. The molecule has 2 rings (SSSR count). The van der Waals surface area contributed by atoms with Gasteiger partial charge in [0.25, 0.3) is 0 Å². The van der Waals surface area contributed by atoms with Crippen molar-refractivity contribution in [1.29, 1.82) is 0 Å². The van der Waals surface area contributed by atoms with E-state index in [1.54, 1.807) is 0 Å². The second-order valence-corrected chi connectivity index (χ2v) is 4.06. The zero-order chi connectivity index (χ0) is 11.4. The second kappa shape index (κ2) is 5.37. The van der Waals surface area contributed by atoms with Gasteiger partial charge in [0.15, 0.2) is 0 Å². The molecule has 1 aliphatic rings. The Bertz CT molecular complexity index is 331. The molecular formula is C12H15F2NO. The maximum absolute atomic E-state index is 13.2. The molecule has 88 valence electrons. The van der Waals surface area contributed by atoms with Gasteiger partial charge in [0.1, 0.15) is 11.6 Å². The lowest BCUT2D eigenvalue weighted by molar-refractivity contribution is 0.185. The van der Waals surface area contributed by atoms with Crippen LogP contribution in [0.25, 0.3) is 0 Å². The Morgan fingerprint density at radius 2 is 2.06 bits per heavy atom. The molecule has 0 spiro atoms. The molecule has 0 aromatic heterocycles. The van der Waals surface area contributed by atoms with Crippen molar-refractivity contribution in [3.8, 4) is 0 Å². The van der Waals surface area contributed by atoms with E-state index in [1.807, 2.05) is 0 Å². The first-order valence-corrected chi connectivity index (χ1v) is 5.48. The van der Waals surface area contributed by atoms with Crippen molar-refractivity contribution in [2.75, 3.05) is 19.8 Å². The number of hydrogen-bond acceptors (Lipinski definition) is 2. The van der Waals surface area contributed by atoms with Crippen LogP contribution >= 0.6 is 0 Å². The molecule has 1 N–H and O–H groups in total. The van der Waals surface area contributed by atoms with Crippen LogP contribution in [0.1, 0.15) is 12.0 Å². The van der Waals surface area contributed by atoms with E-state index in [1.165, 1.54) is 18.2 Å². The normalized spacial score (nSPS) is 20.2. The summed E-state index contributed by atoms with van der Waals surface area (Å²) in [5.41, 5.74) is 0.112. The summed E-state index contributed by atoms with van der Waals surface area (Å²) in [6, 6.07) is 3.93. The largest absolute Gasteiger partial charge is 0.381 e. The van der Waals surface area contributed by atoms with Gasteiger partial charge in [0, 0.05) is 25.3 Å². The molecule has 4 heteroatoms. The summed E-state index contributed by atoms with van der Waals surface area (Å²) in [5.74, 6) is -0.514. The lowest BCUT2D eigenvalue weighted by Crippen LogP contribution is -2.23. The van der Waals surface area contributed by atoms with Gasteiger partial charge < -0.3 is 10.1 Å². The smallest absolute Gasteiger partial charge is 0.130 e. The average Bonchev–Trinajstić information content (AvgIpc) is 2.75. The van der Waals surface area contributed by atoms with Gasteiger partial charge in [0.05, 0.1) is 6.61 Å². The Morgan fingerprint density at radius 3 is 2.69 bits per heavy atom. The highest BCUT2D eigenvalue weighted by molar-refractivity contribution is 5.19. The van der Waals surface area contributed by atoms with Crippen LogP contribution in [0.2, 0.25) is 0 Å². The number of nitrogens with one attached hydrogen (secondary N) is 1. The van der Waals surface area contributed by atoms with E-state index in [4.69, 9.17) is 4.74 Å². The lowest BCUT2D eigenvalue weighted by atomic mass is 10.1. The molecule has 1 aliphatic heterocycles.